The van der Waals surface area contributed by atoms with Crippen LogP contribution in [0.15, 0.2) is 29.4 Å². The fourth-order valence-electron chi connectivity index (χ4n) is 2.31. The van der Waals surface area contributed by atoms with Gasteiger partial charge in [-0.25, -0.2) is 0 Å². The lowest BCUT2D eigenvalue weighted by atomic mass is 10.1. The maximum absolute atomic E-state index is 12.4. The molecule has 0 atom stereocenters. The number of carbonyl (C=O) groups is 1. The first-order chi connectivity index (χ1) is 10.0. The molecule has 1 aliphatic carbocycles. The molecule has 1 saturated carbocycles. The third kappa shape index (κ3) is 4.21. The molecule has 1 aliphatic rings. The van der Waals surface area contributed by atoms with E-state index in [1.54, 1.807) is 12.1 Å². The van der Waals surface area contributed by atoms with Crippen molar-refractivity contribution in [2.24, 2.45) is 16.8 Å². The Morgan fingerprint density at radius 1 is 1.38 bits per heavy atom. The lowest BCUT2D eigenvalue weighted by Gasteiger charge is -2.27. The minimum Gasteiger partial charge on any atom is -0.409 e. The van der Waals surface area contributed by atoms with E-state index in [4.69, 9.17) is 10.9 Å². The van der Waals surface area contributed by atoms with E-state index < -0.39 is 0 Å². The van der Waals surface area contributed by atoms with Crippen LogP contribution in [0.5, 0.6) is 0 Å². The molecule has 0 radical (unpaired) electrons. The Labute approximate surface area is 125 Å². The number of amidine groups is 1. The van der Waals surface area contributed by atoms with Crippen LogP contribution in [0.3, 0.4) is 0 Å². The summed E-state index contributed by atoms with van der Waals surface area (Å²) >= 11 is 0. The van der Waals surface area contributed by atoms with Crippen LogP contribution in [0, 0.1) is 5.92 Å². The predicted octanol–water partition coefficient (Wildman–Crippen LogP) is 1.97. The van der Waals surface area contributed by atoms with Crippen LogP contribution in [-0.4, -0.2) is 34.4 Å². The number of oxime groups is 1. The molecule has 0 unspecified atom stereocenters. The van der Waals surface area contributed by atoms with Gasteiger partial charge in [-0.2, -0.15) is 0 Å². The first-order valence-electron chi connectivity index (χ1n) is 7.37. The van der Waals surface area contributed by atoms with Crippen molar-refractivity contribution in [1.82, 2.24) is 4.90 Å². The lowest BCUT2D eigenvalue weighted by Crippen LogP contribution is -2.39. The number of nitrogens with two attached hydrogens (primary N) is 1. The Hall–Kier alpha value is -2.04. The van der Waals surface area contributed by atoms with Crippen LogP contribution in [-0.2, 0) is 11.2 Å². The number of benzene rings is 1. The summed E-state index contributed by atoms with van der Waals surface area (Å²) in [6.07, 6.45) is 2.87. The molecule has 1 aromatic carbocycles. The number of hydrogen-bond donors (Lipinski definition) is 2. The van der Waals surface area contributed by atoms with Gasteiger partial charge in [0.15, 0.2) is 5.84 Å². The highest BCUT2D eigenvalue weighted by Crippen LogP contribution is 2.30. The Morgan fingerprint density at radius 2 is 2.00 bits per heavy atom. The predicted molar refractivity (Wildman–Crippen MR) is 82.2 cm³/mol. The van der Waals surface area contributed by atoms with Gasteiger partial charge in [-0.15, -0.1) is 0 Å². The first kappa shape index (κ1) is 15.4. The maximum atomic E-state index is 12.4. The molecule has 3 N–H and O–H groups in total. The van der Waals surface area contributed by atoms with E-state index in [2.05, 4.69) is 19.0 Å². The number of rotatable bonds is 6. The Balaban J connectivity index is 2.00. The van der Waals surface area contributed by atoms with Crippen molar-refractivity contribution < 1.29 is 10.0 Å². The highest BCUT2D eigenvalue weighted by molar-refractivity contribution is 5.97. The van der Waals surface area contributed by atoms with Gasteiger partial charge in [0.2, 0.25) is 5.91 Å². The largest absolute Gasteiger partial charge is 0.409 e. The van der Waals surface area contributed by atoms with E-state index in [1.807, 2.05) is 17.0 Å². The van der Waals surface area contributed by atoms with Gasteiger partial charge in [0.05, 0.1) is 6.42 Å². The van der Waals surface area contributed by atoms with Crippen LogP contribution >= 0.6 is 0 Å². The van der Waals surface area contributed by atoms with Crippen LogP contribution in [0.4, 0.5) is 0 Å². The van der Waals surface area contributed by atoms with Crippen molar-refractivity contribution >= 4 is 11.7 Å². The fraction of sp³-hybridized carbons (Fsp3) is 0.500. The van der Waals surface area contributed by atoms with E-state index in [-0.39, 0.29) is 17.8 Å². The molecule has 0 aromatic heterocycles. The molecule has 1 fully saturated rings. The minimum absolute atomic E-state index is 0.0745. The van der Waals surface area contributed by atoms with Crippen LogP contribution in [0.1, 0.15) is 37.8 Å². The summed E-state index contributed by atoms with van der Waals surface area (Å²) < 4.78 is 0. The molecule has 0 aliphatic heterocycles. The second kappa shape index (κ2) is 6.61. The minimum atomic E-state index is 0.0745. The number of carbonyl (C=O) groups excluding carboxylic acids is 1. The average molecular weight is 289 g/mol. The topological polar surface area (TPSA) is 78.9 Å². The summed E-state index contributed by atoms with van der Waals surface area (Å²) in [5, 5.41) is 11.6. The Bertz CT molecular complexity index is 519. The van der Waals surface area contributed by atoms with Gasteiger partial charge in [0, 0.05) is 18.2 Å². The third-order valence-electron chi connectivity index (χ3n) is 3.81. The normalized spacial score (nSPS) is 15.3. The average Bonchev–Trinajstić information content (AvgIpc) is 3.28. The smallest absolute Gasteiger partial charge is 0.227 e. The Morgan fingerprint density at radius 3 is 2.48 bits per heavy atom. The quantitative estimate of drug-likeness (QED) is 0.364. The van der Waals surface area contributed by atoms with Crippen molar-refractivity contribution in [2.75, 3.05) is 6.54 Å². The van der Waals surface area contributed by atoms with Gasteiger partial charge in [0.25, 0.3) is 0 Å². The summed E-state index contributed by atoms with van der Waals surface area (Å²) in [5.41, 5.74) is 7.11. The molecule has 0 spiro atoms. The van der Waals surface area contributed by atoms with Gasteiger partial charge in [0.1, 0.15) is 0 Å². The van der Waals surface area contributed by atoms with Gasteiger partial charge >= 0.3 is 0 Å². The molecule has 5 heteroatoms. The van der Waals surface area contributed by atoms with Crippen molar-refractivity contribution in [1.29, 1.82) is 0 Å². The maximum Gasteiger partial charge on any atom is 0.227 e. The van der Waals surface area contributed by atoms with Crippen LogP contribution in [0.2, 0.25) is 0 Å². The summed E-state index contributed by atoms with van der Waals surface area (Å²) in [7, 11) is 0. The highest BCUT2D eigenvalue weighted by atomic mass is 16.4. The number of amides is 1. The van der Waals surface area contributed by atoms with Gasteiger partial charge < -0.3 is 15.8 Å². The van der Waals surface area contributed by atoms with E-state index in [0.29, 0.717) is 17.9 Å². The van der Waals surface area contributed by atoms with Crippen molar-refractivity contribution in [3.8, 4) is 0 Å². The van der Waals surface area contributed by atoms with E-state index in [0.717, 1.165) is 12.1 Å². The standard InChI is InChI=1S/C16H23N3O2/c1-11(2)19(10-13-3-4-13)15(20)9-12-5-7-14(8-6-12)16(17)18-21/h5-8,11,13,21H,3-4,9-10H2,1-2H3,(H2,17,18). The molecule has 2 rings (SSSR count). The van der Waals surface area contributed by atoms with Crippen LogP contribution < -0.4 is 5.73 Å². The molecular formula is C16H23N3O2. The molecule has 1 aromatic rings. The van der Waals surface area contributed by atoms with E-state index >= 15 is 0 Å². The molecular weight excluding hydrogens is 266 g/mol. The summed E-state index contributed by atoms with van der Waals surface area (Å²) in [6, 6.07) is 7.45. The lowest BCUT2D eigenvalue weighted by molar-refractivity contribution is -0.132. The second-order valence-corrected chi connectivity index (χ2v) is 5.94. The van der Waals surface area contributed by atoms with Crippen LogP contribution in [0.25, 0.3) is 0 Å². The SMILES string of the molecule is CC(C)N(CC1CC1)C(=O)Cc1ccc(C(N)=NO)cc1. The van der Waals surface area contributed by atoms with Gasteiger partial charge in [-0.1, -0.05) is 29.4 Å². The van der Waals surface area contributed by atoms with Gasteiger partial charge in [-0.3, -0.25) is 4.79 Å². The second-order valence-electron chi connectivity index (χ2n) is 5.94. The van der Waals surface area contributed by atoms with Gasteiger partial charge in [-0.05, 0) is 38.2 Å². The number of nitrogens with zero attached hydrogens (tertiary/aromatic N) is 2. The zero-order valence-electron chi connectivity index (χ0n) is 12.6. The summed E-state index contributed by atoms with van der Waals surface area (Å²) in [6.45, 7) is 4.99. The zero-order valence-corrected chi connectivity index (χ0v) is 12.6. The van der Waals surface area contributed by atoms with Crippen molar-refractivity contribution in [3.63, 3.8) is 0 Å². The highest BCUT2D eigenvalue weighted by Gasteiger charge is 2.28. The van der Waals surface area contributed by atoms with Crippen molar-refractivity contribution in [2.45, 2.75) is 39.2 Å². The summed E-state index contributed by atoms with van der Waals surface area (Å²) in [5.74, 6) is 0.929. The molecule has 1 amide bonds. The molecule has 0 saturated heterocycles. The fourth-order valence-corrected chi connectivity index (χ4v) is 2.31. The first-order valence-corrected chi connectivity index (χ1v) is 7.37. The molecule has 0 heterocycles. The molecule has 0 bridgehead atoms. The molecule has 21 heavy (non-hydrogen) atoms. The van der Waals surface area contributed by atoms with E-state index in [9.17, 15) is 4.79 Å². The molecule has 5 nitrogen and oxygen atoms in total. The Kier molecular flexibility index (Phi) is 4.83. The third-order valence-corrected chi connectivity index (χ3v) is 3.81. The zero-order chi connectivity index (χ0) is 15.4. The summed E-state index contributed by atoms with van der Waals surface area (Å²) in [4.78, 5) is 14.4. The van der Waals surface area contributed by atoms with E-state index in [1.165, 1.54) is 12.8 Å². The van der Waals surface area contributed by atoms with Crippen molar-refractivity contribution in [3.05, 3.63) is 35.4 Å². The number of hydrogen-bond acceptors (Lipinski definition) is 3. The molecule has 114 valence electrons. The monoisotopic (exact) mass is 289 g/mol.